The van der Waals surface area contributed by atoms with Crippen LogP contribution in [0.2, 0.25) is 0 Å². The molecule has 0 bridgehead atoms. The van der Waals surface area contributed by atoms with Crippen LogP contribution in [0, 0.1) is 50.2 Å². The molecule has 4 saturated carbocycles. The van der Waals surface area contributed by atoms with Gasteiger partial charge in [-0.15, -0.1) is 0 Å². The summed E-state index contributed by atoms with van der Waals surface area (Å²) in [5, 5.41) is 40.3. The second kappa shape index (κ2) is 14.4. The van der Waals surface area contributed by atoms with Crippen LogP contribution in [0.25, 0.3) is 12.2 Å². The van der Waals surface area contributed by atoms with Crippen LogP contribution in [0.5, 0.6) is 17.2 Å². The fourth-order valence-corrected chi connectivity index (χ4v) is 12.9. The third kappa shape index (κ3) is 6.86. The van der Waals surface area contributed by atoms with E-state index in [1.165, 1.54) is 29.9 Å². The molecule has 2 aromatic carbocycles. The molecule has 0 radical (unpaired) electrons. The number of phenols is 3. The first-order chi connectivity index (χ1) is 26.8. The van der Waals surface area contributed by atoms with E-state index in [9.17, 15) is 34.8 Å². The molecule has 9 nitrogen and oxygen atoms in total. The van der Waals surface area contributed by atoms with Gasteiger partial charge in [-0.25, -0.2) is 9.59 Å². The van der Waals surface area contributed by atoms with Crippen LogP contribution >= 0.6 is 0 Å². The number of carboxylic acid groups (broad SMARTS) is 1. The number of fused-ring (bicyclic) bond motifs is 7. The minimum atomic E-state index is -0.847. The Morgan fingerprint density at radius 1 is 0.754 bits per heavy atom. The number of aliphatic carboxylic acids is 1. The van der Waals surface area contributed by atoms with Crippen LogP contribution in [-0.2, 0) is 23.9 Å². The summed E-state index contributed by atoms with van der Waals surface area (Å²) in [4.78, 5) is 40.1. The zero-order valence-electron chi connectivity index (χ0n) is 34.3. The average Bonchev–Trinajstić information content (AvgIpc) is 3.15. The lowest BCUT2D eigenvalue weighted by molar-refractivity contribution is -0.221. The molecule has 2 aromatic rings. The van der Waals surface area contributed by atoms with Crippen molar-refractivity contribution in [1.82, 2.24) is 0 Å². The highest BCUT2D eigenvalue weighted by Crippen LogP contribution is 2.76. The second-order valence-electron chi connectivity index (χ2n) is 19.8. The summed E-state index contributed by atoms with van der Waals surface area (Å²) in [5.41, 5.74) is 0.352. The first-order valence-electron chi connectivity index (χ1n) is 20.7. The number of phenolic OH excluding ortho intramolecular Hbond substituents is 3. The molecule has 0 spiro atoms. The highest BCUT2D eigenvalue weighted by molar-refractivity contribution is 5.88. The molecule has 4 fully saturated rings. The van der Waals surface area contributed by atoms with Crippen LogP contribution < -0.4 is 0 Å². The van der Waals surface area contributed by atoms with Gasteiger partial charge < -0.3 is 29.9 Å². The molecule has 57 heavy (non-hydrogen) atoms. The van der Waals surface area contributed by atoms with Gasteiger partial charge in [0.15, 0.2) is 11.5 Å². The van der Waals surface area contributed by atoms with E-state index in [-0.39, 0.29) is 75.3 Å². The molecule has 0 heterocycles. The van der Waals surface area contributed by atoms with Gasteiger partial charge in [-0.3, -0.25) is 4.79 Å². The molecular formula is C48H60O9. The minimum Gasteiger partial charge on any atom is -0.508 e. The fourth-order valence-electron chi connectivity index (χ4n) is 12.9. The Balaban J connectivity index is 1.20. The zero-order chi connectivity index (χ0) is 41.2. The first kappa shape index (κ1) is 40.7. The smallest absolute Gasteiger partial charge is 0.331 e. The molecule has 7 rings (SSSR count). The summed E-state index contributed by atoms with van der Waals surface area (Å²) in [6.07, 6.45) is 15.8. The average molecular weight is 781 g/mol. The van der Waals surface area contributed by atoms with Gasteiger partial charge in [0.1, 0.15) is 18.5 Å². The number of hydrogen-bond acceptors (Lipinski definition) is 8. The van der Waals surface area contributed by atoms with Crippen molar-refractivity contribution in [2.75, 3.05) is 6.61 Å². The van der Waals surface area contributed by atoms with Crippen molar-refractivity contribution in [2.45, 2.75) is 112 Å². The number of hydrogen-bond donors (Lipinski definition) is 4. The highest BCUT2D eigenvalue weighted by Gasteiger charge is 2.71. The van der Waals surface area contributed by atoms with Gasteiger partial charge in [-0.2, -0.15) is 0 Å². The van der Waals surface area contributed by atoms with Crippen molar-refractivity contribution in [3.8, 4) is 17.2 Å². The van der Waals surface area contributed by atoms with Gasteiger partial charge in [0.25, 0.3) is 0 Å². The summed E-state index contributed by atoms with van der Waals surface area (Å²) in [7, 11) is 0. The third-order valence-electron chi connectivity index (χ3n) is 16.1. The van der Waals surface area contributed by atoms with Crippen LogP contribution in [0.3, 0.4) is 0 Å². The van der Waals surface area contributed by atoms with Crippen LogP contribution in [0.15, 0.2) is 66.3 Å². The van der Waals surface area contributed by atoms with Crippen LogP contribution in [-0.4, -0.2) is 51.0 Å². The number of carboxylic acids is 1. The Morgan fingerprint density at radius 3 is 2.12 bits per heavy atom. The summed E-state index contributed by atoms with van der Waals surface area (Å²) in [5.74, 6) is -1.65. The molecule has 0 aromatic heterocycles. The van der Waals surface area contributed by atoms with Crippen molar-refractivity contribution in [3.05, 3.63) is 77.4 Å². The lowest BCUT2D eigenvalue weighted by Gasteiger charge is -2.71. The maximum Gasteiger partial charge on any atom is 0.331 e. The third-order valence-corrected chi connectivity index (χ3v) is 16.1. The number of allylic oxidation sites excluding steroid dienone is 1. The molecule has 9 heteroatoms. The summed E-state index contributed by atoms with van der Waals surface area (Å²) in [6.45, 7) is 14.0. The van der Waals surface area contributed by atoms with E-state index in [1.54, 1.807) is 42.5 Å². The monoisotopic (exact) mass is 780 g/mol. The number of aromatic hydroxyl groups is 3. The summed E-state index contributed by atoms with van der Waals surface area (Å²) >= 11 is 0. The summed E-state index contributed by atoms with van der Waals surface area (Å²) in [6, 6.07) is 11.0. The topological polar surface area (TPSA) is 151 Å². The predicted molar refractivity (Wildman–Crippen MR) is 218 cm³/mol. The normalized spacial score (nSPS) is 35.2. The molecule has 0 aliphatic heterocycles. The van der Waals surface area contributed by atoms with Crippen LogP contribution in [0.1, 0.15) is 117 Å². The quantitative estimate of drug-likeness (QED) is 0.0888. The van der Waals surface area contributed by atoms with Crippen molar-refractivity contribution >= 4 is 30.1 Å². The molecule has 0 amide bonds. The lowest BCUT2D eigenvalue weighted by atomic mass is 9.33. The Bertz CT molecular complexity index is 2010. The van der Waals surface area contributed by atoms with E-state index in [4.69, 9.17) is 9.47 Å². The molecular weight excluding hydrogens is 721 g/mol. The van der Waals surface area contributed by atoms with E-state index >= 15 is 0 Å². The molecule has 5 aliphatic carbocycles. The second-order valence-corrected chi connectivity index (χ2v) is 19.8. The van der Waals surface area contributed by atoms with E-state index in [0.29, 0.717) is 24.8 Å². The maximum atomic E-state index is 13.6. The van der Waals surface area contributed by atoms with Gasteiger partial charge in [0.2, 0.25) is 0 Å². The van der Waals surface area contributed by atoms with E-state index in [2.05, 4.69) is 47.6 Å². The van der Waals surface area contributed by atoms with Crippen LogP contribution in [0.4, 0.5) is 0 Å². The molecule has 0 saturated heterocycles. The number of rotatable bonds is 8. The Morgan fingerprint density at radius 2 is 1.42 bits per heavy atom. The molecule has 4 N–H and O–H groups in total. The number of esters is 2. The van der Waals surface area contributed by atoms with Gasteiger partial charge in [-0.05, 0) is 146 Å². The molecule has 0 unspecified atom stereocenters. The predicted octanol–water partition coefficient (Wildman–Crippen LogP) is 9.85. The van der Waals surface area contributed by atoms with Gasteiger partial charge in [0, 0.05) is 23.0 Å². The maximum absolute atomic E-state index is 13.6. The zero-order valence-corrected chi connectivity index (χ0v) is 34.3. The van der Waals surface area contributed by atoms with Crippen molar-refractivity contribution in [3.63, 3.8) is 0 Å². The number of carbonyl (C=O) groups excluding carboxylic acids is 2. The van der Waals surface area contributed by atoms with Crippen molar-refractivity contribution < 1.29 is 44.3 Å². The largest absolute Gasteiger partial charge is 0.508 e. The Hall–Kier alpha value is -4.53. The van der Waals surface area contributed by atoms with E-state index in [1.807, 2.05) is 0 Å². The highest BCUT2D eigenvalue weighted by atomic mass is 16.5. The fraction of sp³-hybridized carbons (Fsp3) is 0.562. The van der Waals surface area contributed by atoms with Crippen molar-refractivity contribution in [1.29, 1.82) is 0 Å². The SMILES string of the molecule is CC1(C)CC[C@]2(C(=O)O)CC[C@]3(COC(=O)/C=C/c4ccc(O)c(O)c4)C(=CC[C@@H]4[C@@]5(C)CC[C@H](OC(=O)/C=C/c6ccc(O)cc6)C(C)(C)[C@@H]5CC[C@]43C)[C@@H]2C1. The van der Waals surface area contributed by atoms with Gasteiger partial charge in [0.05, 0.1) is 5.41 Å². The number of carbonyl (C=O) groups is 3. The standard InChI is InChI=1S/C48H60O9/c1-43(2)23-24-47(42(54)55)25-26-48(29-56-40(52)17-11-31-9-15-35(50)36(51)27-31)33(34(47)28-43)14-16-38-45(5)21-20-39(44(3,4)37(45)19-22-46(38,48)6)57-41(53)18-10-30-7-12-32(49)13-8-30/h7-15,17-18,27,34,37-39,49-51H,16,19-26,28-29H2,1-6H3,(H,54,55)/b17-11+,18-10+/t34-,37-,38+,39-,45-,46+,47-,48-/m0/s1. The first-order valence-corrected chi connectivity index (χ1v) is 20.7. The Kier molecular flexibility index (Phi) is 10.3. The van der Waals surface area contributed by atoms with Crippen molar-refractivity contribution in [2.24, 2.45) is 50.2 Å². The van der Waals surface area contributed by atoms with E-state index in [0.717, 1.165) is 50.5 Å². The Labute approximate surface area is 336 Å². The molecule has 8 atom stereocenters. The number of benzene rings is 2. The minimum absolute atomic E-state index is 0.0247. The van der Waals surface area contributed by atoms with E-state index < -0.39 is 22.8 Å². The van der Waals surface area contributed by atoms with Gasteiger partial charge >= 0.3 is 17.9 Å². The number of ether oxygens (including phenoxy) is 2. The van der Waals surface area contributed by atoms with Gasteiger partial charge in [-0.1, -0.05) is 71.4 Å². The molecule has 5 aliphatic rings. The lowest BCUT2D eigenvalue weighted by Crippen LogP contribution is -2.67. The summed E-state index contributed by atoms with van der Waals surface area (Å²) < 4.78 is 12.5. The molecule has 306 valence electrons.